The number of fused-ring (bicyclic) bond motifs is 1. The molecule has 0 aliphatic rings. The highest BCUT2D eigenvalue weighted by atomic mass is 35.5. The monoisotopic (exact) mass is 298 g/mol. The van der Waals surface area contributed by atoms with Gasteiger partial charge in [0.1, 0.15) is 5.82 Å². The molecule has 1 heterocycles. The van der Waals surface area contributed by atoms with Gasteiger partial charge in [-0.05, 0) is 47.7 Å². The second-order valence-electron chi connectivity index (χ2n) is 5.36. The fraction of sp³-hybridized carbons (Fsp3) is 0.278. The summed E-state index contributed by atoms with van der Waals surface area (Å²) in [6.45, 7) is 4.23. The van der Waals surface area contributed by atoms with Crippen LogP contribution < -0.4 is 0 Å². The molecule has 0 aliphatic heterocycles. The number of halogens is 1. The van der Waals surface area contributed by atoms with Gasteiger partial charge in [-0.3, -0.25) is 0 Å². The van der Waals surface area contributed by atoms with E-state index in [4.69, 9.17) is 11.6 Å². The Morgan fingerprint density at radius 1 is 1.10 bits per heavy atom. The number of benzene rings is 2. The SMILES string of the molecule is CCc1nc2c(C)cc(-c3ccc(CCCl)cc3)cc2[nH]1. The maximum Gasteiger partial charge on any atom is 0.106 e. The van der Waals surface area contributed by atoms with Gasteiger partial charge in [0, 0.05) is 12.3 Å². The van der Waals surface area contributed by atoms with E-state index >= 15 is 0 Å². The van der Waals surface area contributed by atoms with E-state index in [0.717, 1.165) is 29.7 Å². The van der Waals surface area contributed by atoms with Crippen LogP contribution in [0.25, 0.3) is 22.2 Å². The molecule has 0 atom stereocenters. The Morgan fingerprint density at radius 3 is 2.52 bits per heavy atom. The number of nitrogens with zero attached hydrogens (tertiary/aromatic N) is 1. The number of hydrogen-bond donors (Lipinski definition) is 1. The number of imidazole rings is 1. The highest BCUT2D eigenvalue weighted by Crippen LogP contribution is 2.27. The largest absolute Gasteiger partial charge is 0.342 e. The molecule has 0 radical (unpaired) electrons. The first-order chi connectivity index (χ1) is 10.2. The lowest BCUT2D eigenvalue weighted by Gasteiger charge is -2.05. The molecule has 0 fully saturated rings. The van der Waals surface area contributed by atoms with Crippen LogP contribution in [0.3, 0.4) is 0 Å². The lowest BCUT2D eigenvalue weighted by molar-refractivity contribution is 1.000. The lowest BCUT2D eigenvalue weighted by Crippen LogP contribution is -1.87. The van der Waals surface area contributed by atoms with Crippen LogP contribution in [0.5, 0.6) is 0 Å². The van der Waals surface area contributed by atoms with Crippen molar-refractivity contribution in [2.45, 2.75) is 26.7 Å². The zero-order valence-electron chi connectivity index (χ0n) is 12.4. The van der Waals surface area contributed by atoms with Gasteiger partial charge in [-0.1, -0.05) is 31.2 Å². The average molecular weight is 299 g/mol. The first-order valence-electron chi connectivity index (χ1n) is 7.35. The summed E-state index contributed by atoms with van der Waals surface area (Å²) < 4.78 is 0. The van der Waals surface area contributed by atoms with E-state index in [1.165, 1.54) is 22.3 Å². The van der Waals surface area contributed by atoms with Crippen molar-refractivity contribution in [1.82, 2.24) is 9.97 Å². The van der Waals surface area contributed by atoms with E-state index in [1.807, 2.05) is 0 Å². The van der Waals surface area contributed by atoms with E-state index in [0.29, 0.717) is 5.88 Å². The summed E-state index contributed by atoms with van der Waals surface area (Å²) in [5, 5.41) is 0. The Hall–Kier alpha value is -1.80. The van der Waals surface area contributed by atoms with Crippen LogP contribution in [-0.2, 0) is 12.8 Å². The number of alkyl halides is 1. The predicted molar refractivity (Wildman–Crippen MR) is 90.1 cm³/mol. The number of rotatable bonds is 4. The summed E-state index contributed by atoms with van der Waals surface area (Å²) in [5.74, 6) is 1.71. The zero-order valence-corrected chi connectivity index (χ0v) is 13.2. The number of aryl methyl sites for hydroxylation is 3. The molecule has 21 heavy (non-hydrogen) atoms. The summed E-state index contributed by atoms with van der Waals surface area (Å²) in [6.07, 6.45) is 1.84. The Kier molecular flexibility index (Phi) is 3.98. The van der Waals surface area contributed by atoms with Crippen molar-refractivity contribution in [2.24, 2.45) is 0 Å². The van der Waals surface area contributed by atoms with Crippen molar-refractivity contribution in [2.75, 3.05) is 5.88 Å². The summed E-state index contributed by atoms with van der Waals surface area (Å²) >= 11 is 5.78. The molecule has 3 aromatic rings. The third-order valence-corrected chi connectivity index (χ3v) is 4.02. The van der Waals surface area contributed by atoms with Crippen molar-refractivity contribution in [3.8, 4) is 11.1 Å². The third kappa shape index (κ3) is 2.81. The molecule has 3 rings (SSSR count). The maximum atomic E-state index is 5.78. The van der Waals surface area contributed by atoms with Crippen LogP contribution in [-0.4, -0.2) is 15.8 Å². The van der Waals surface area contributed by atoms with E-state index in [1.54, 1.807) is 0 Å². The molecule has 108 valence electrons. The van der Waals surface area contributed by atoms with Crippen molar-refractivity contribution in [3.63, 3.8) is 0 Å². The Bertz CT molecular complexity index is 757. The van der Waals surface area contributed by atoms with Crippen molar-refractivity contribution in [3.05, 3.63) is 53.3 Å². The smallest absolute Gasteiger partial charge is 0.106 e. The maximum absolute atomic E-state index is 5.78. The van der Waals surface area contributed by atoms with Crippen molar-refractivity contribution >= 4 is 22.6 Å². The quantitative estimate of drug-likeness (QED) is 0.683. The number of aromatic nitrogens is 2. The number of hydrogen-bond acceptors (Lipinski definition) is 1. The molecule has 0 amide bonds. The normalized spacial score (nSPS) is 11.2. The molecule has 2 nitrogen and oxygen atoms in total. The molecule has 2 aromatic carbocycles. The van der Waals surface area contributed by atoms with Gasteiger partial charge in [0.2, 0.25) is 0 Å². The van der Waals surface area contributed by atoms with Crippen molar-refractivity contribution < 1.29 is 0 Å². The summed E-state index contributed by atoms with van der Waals surface area (Å²) in [4.78, 5) is 8.03. The van der Waals surface area contributed by atoms with Gasteiger partial charge < -0.3 is 4.98 Å². The van der Waals surface area contributed by atoms with Crippen LogP contribution in [0.1, 0.15) is 23.9 Å². The first-order valence-corrected chi connectivity index (χ1v) is 7.89. The van der Waals surface area contributed by atoms with Gasteiger partial charge in [0.05, 0.1) is 11.0 Å². The zero-order chi connectivity index (χ0) is 14.8. The van der Waals surface area contributed by atoms with Gasteiger partial charge in [-0.2, -0.15) is 0 Å². The molecule has 1 aromatic heterocycles. The second-order valence-corrected chi connectivity index (χ2v) is 5.74. The Labute approximate surface area is 130 Å². The summed E-state index contributed by atoms with van der Waals surface area (Å²) in [7, 11) is 0. The molecule has 0 saturated carbocycles. The molecule has 0 saturated heterocycles. The molecule has 1 N–H and O–H groups in total. The number of nitrogens with one attached hydrogen (secondary N) is 1. The standard InChI is InChI=1S/C18H19ClN2/c1-3-17-20-16-11-15(10-12(2)18(16)21-17)14-6-4-13(5-7-14)8-9-19/h4-7,10-11H,3,8-9H2,1-2H3,(H,20,21). The molecule has 0 unspecified atom stereocenters. The molecule has 0 aliphatic carbocycles. The predicted octanol–water partition coefficient (Wildman–Crippen LogP) is 4.88. The Morgan fingerprint density at radius 2 is 1.86 bits per heavy atom. The van der Waals surface area contributed by atoms with Gasteiger partial charge in [0.15, 0.2) is 0 Å². The number of aromatic amines is 1. The van der Waals surface area contributed by atoms with Crippen LogP contribution in [0.4, 0.5) is 0 Å². The fourth-order valence-corrected chi connectivity index (χ4v) is 2.87. The highest BCUT2D eigenvalue weighted by molar-refractivity contribution is 6.17. The van der Waals surface area contributed by atoms with E-state index < -0.39 is 0 Å². The van der Waals surface area contributed by atoms with Crippen LogP contribution in [0, 0.1) is 6.92 Å². The second kappa shape index (κ2) is 5.90. The molecular weight excluding hydrogens is 280 g/mol. The molecule has 0 bridgehead atoms. The van der Waals surface area contributed by atoms with E-state index in [9.17, 15) is 0 Å². The van der Waals surface area contributed by atoms with Crippen LogP contribution >= 0.6 is 11.6 Å². The van der Waals surface area contributed by atoms with Crippen LogP contribution in [0.2, 0.25) is 0 Å². The van der Waals surface area contributed by atoms with E-state index in [2.05, 4.69) is 60.2 Å². The van der Waals surface area contributed by atoms with Gasteiger partial charge in [-0.15, -0.1) is 11.6 Å². The average Bonchev–Trinajstić information content (AvgIpc) is 2.92. The molecular formula is C18H19ClN2. The van der Waals surface area contributed by atoms with E-state index in [-0.39, 0.29) is 0 Å². The topological polar surface area (TPSA) is 28.7 Å². The first kappa shape index (κ1) is 14.2. The minimum absolute atomic E-state index is 0.665. The summed E-state index contributed by atoms with van der Waals surface area (Å²) in [5.41, 5.74) is 7.14. The van der Waals surface area contributed by atoms with Gasteiger partial charge >= 0.3 is 0 Å². The molecule has 0 spiro atoms. The minimum Gasteiger partial charge on any atom is -0.342 e. The highest BCUT2D eigenvalue weighted by Gasteiger charge is 2.07. The fourth-order valence-electron chi connectivity index (χ4n) is 2.65. The lowest BCUT2D eigenvalue weighted by atomic mass is 10.0. The minimum atomic E-state index is 0.665. The Balaban J connectivity index is 2.03. The van der Waals surface area contributed by atoms with Gasteiger partial charge in [-0.25, -0.2) is 4.98 Å². The van der Waals surface area contributed by atoms with Crippen molar-refractivity contribution in [1.29, 1.82) is 0 Å². The summed E-state index contributed by atoms with van der Waals surface area (Å²) in [6, 6.07) is 13.0. The third-order valence-electron chi connectivity index (χ3n) is 3.83. The van der Waals surface area contributed by atoms with Crippen LogP contribution in [0.15, 0.2) is 36.4 Å². The number of H-pyrrole nitrogens is 1. The van der Waals surface area contributed by atoms with Gasteiger partial charge in [0.25, 0.3) is 0 Å². The molecule has 3 heteroatoms.